The molecule has 2 saturated heterocycles. The average Bonchev–Trinajstić information content (AvgIpc) is 3.55. The molecule has 0 aliphatic carbocycles. The van der Waals surface area contributed by atoms with Crippen LogP contribution in [-0.2, 0) is 4.74 Å². The minimum atomic E-state index is -0.241. The number of fused-ring (bicyclic) bond motifs is 1. The van der Waals surface area contributed by atoms with E-state index in [1.165, 1.54) is 11.3 Å². The average molecular weight is 495 g/mol. The van der Waals surface area contributed by atoms with Crippen LogP contribution in [0.25, 0.3) is 16.0 Å². The van der Waals surface area contributed by atoms with Crippen LogP contribution in [0.2, 0.25) is 0 Å². The highest BCUT2D eigenvalue weighted by molar-refractivity contribution is 7.22. The first-order chi connectivity index (χ1) is 16.9. The number of anilines is 1. The number of likely N-dealkylation sites (tertiary alicyclic amines) is 1. The zero-order chi connectivity index (χ0) is 24.5. The highest BCUT2D eigenvalue weighted by Gasteiger charge is 2.34. The number of ether oxygens (including phenoxy) is 1. The summed E-state index contributed by atoms with van der Waals surface area (Å²) in [4.78, 5) is 35.3. The molecule has 2 amide bonds. The van der Waals surface area contributed by atoms with Crippen molar-refractivity contribution < 1.29 is 14.3 Å². The van der Waals surface area contributed by atoms with Gasteiger partial charge in [0.25, 0.3) is 11.8 Å². The number of carbonyl (C=O) groups excluding carboxylic acids is 2. The van der Waals surface area contributed by atoms with Crippen LogP contribution >= 0.6 is 11.3 Å². The highest BCUT2D eigenvalue weighted by Crippen LogP contribution is 2.33. The minimum absolute atomic E-state index is 0.0918. The third-order valence-corrected chi connectivity index (χ3v) is 7.50. The van der Waals surface area contributed by atoms with Gasteiger partial charge >= 0.3 is 0 Å². The summed E-state index contributed by atoms with van der Waals surface area (Å²) in [6.45, 7) is 12.6. The van der Waals surface area contributed by atoms with Crippen molar-refractivity contribution in [3.63, 3.8) is 0 Å². The van der Waals surface area contributed by atoms with Gasteiger partial charge in [-0.15, -0.1) is 0 Å². The van der Waals surface area contributed by atoms with E-state index >= 15 is 0 Å². The lowest BCUT2D eigenvalue weighted by Gasteiger charge is -2.32. The molecule has 1 atom stereocenters. The van der Waals surface area contributed by atoms with E-state index in [1.54, 1.807) is 16.8 Å². The molecule has 4 heterocycles. The number of nitrogens with zero attached hydrogens (tertiary/aromatic N) is 5. The van der Waals surface area contributed by atoms with E-state index in [9.17, 15) is 9.59 Å². The number of morpholine rings is 1. The molecule has 35 heavy (non-hydrogen) atoms. The summed E-state index contributed by atoms with van der Waals surface area (Å²) in [5.74, 6) is -0.333. The first kappa shape index (κ1) is 23.7. The van der Waals surface area contributed by atoms with Crippen molar-refractivity contribution in [2.24, 2.45) is 0 Å². The van der Waals surface area contributed by atoms with Crippen molar-refractivity contribution >= 4 is 44.3 Å². The van der Waals surface area contributed by atoms with E-state index in [-0.39, 0.29) is 17.9 Å². The van der Waals surface area contributed by atoms with Crippen molar-refractivity contribution in [2.45, 2.75) is 32.7 Å². The van der Waals surface area contributed by atoms with Crippen molar-refractivity contribution in [1.82, 2.24) is 24.6 Å². The van der Waals surface area contributed by atoms with E-state index in [0.717, 1.165) is 51.3 Å². The lowest BCUT2D eigenvalue weighted by molar-refractivity contribution is 0.0260. The zero-order valence-corrected chi connectivity index (χ0v) is 20.9. The number of nitrogens with one attached hydrogen (secondary N) is 1. The normalized spacial score (nSPS) is 18.8. The summed E-state index contributed by atoms with van der Waals surface area (Å²) in [6.07, 6.45) is 1.96. The Bertz CT molecular complexity index is 1260. The van der Waals surface area contributed by atoms with Crippen molar-refractivity contribution in [3.8, 4) is 0 Å². The van der Waals surface area contributed by atoms with Crippen molar-refractivity contribution in [2.75, 3.05) is 44.7 Å². The van der Waals surface area contributed by atoms with Crippen LogP contribution in [0.4, 0.5) is 5.13 Å². The molecule has 9 nitrogen and oxygen atoms in total. The second kappa shape index (κ2) is 9.88. The molecule has 2 aromatic heterocycles. The van der Waals surface area contributed by atoms with Gasteiger partial charge in [0.1, 0.15) is 4.70 Å². The molecule has 2 fully saturated rings. The zero-order valence-electron chi connectivity index (χ0n) is 20.1. The molecule has 0 radical (unpaired) electrons. The minimum Gasteiger partial charge on any atom is -0.379 e. The summed E-state index contributed by atoms with van der Waals surface area (Å²) in [5, 5.41) is 7.89. The van der Waals surface area contributed by atoms with Crippen LogP contribution in [0.3, 0.4) is 0 Å². The lowest BCUT2D eigenvalue weighted by Crippen LogP contribution is -2.46. The maximum absolute atomic E-state index is 13.7. The predicted molar refractivity (Wildman–Crippen MR) is 137 cm³/mol. The molecule has 1 N–H and O–H groups in total. The SMILES string of the molecule is C=C(C)n1nc(C(=O)N2CCC[C@H]2CN2CCOCC2)c2sc(NC(=O)c3ccc(C)cc3)nc21. The third-order valence-electron chi connectivity index (χ3n) is 6.53. The van der Waals surface area contributed by atoms with Gasteiger partial charge in [0.05, 0.1) is 13.2 Å². The van der Waals surface area contributed by atoms with Gasteiger partial charge in [-0.05, 0) is 38.8 Å². The number of aromatic nitrogens is 3. The fourth-order valence-electron chi connectivity index (χ4n) is 4.65. The van der Waals surface area contributed by atoms with E-state index in [4.69, 9.17) is 4.74 Å². The Morgan fingerprint density at radius 2 is 1.94 bits per heavy atom. The summed E-state index contributed by atoms with van der Waals surface area (Å²) < 4.78 is 7.72. The molecule has 0 saturated carbocycles. The monoisotopic (exact) mass is 494 g/mol. The summed E-state index contributed by atoms with van der Waals surface area (Å²) in [7, 11) is 0. The number of rotatable bonds is 6. The number of carbonyl (C=O) groups is 2. The number of allylic oxidation sites excluding steroid dienone is 1. The van der Waals surface area contributed by atoms with E-state index in [1.807, 2.05) is 30.9 Å². The molecule has 0 unspecified atom stereocenters. The number of hydrogen-bond donors (Lipinski definition) is 1. The maximum atomic E-state index is 13.7. The van der Waals surface area contributed by atoms with E-state index in [2.05, 4.69) is 26.9 Å². The summed E-state index contributed by atoms with van der Waals surface area (Å²) in [5.41, 5.74) is 3.19. The fourth-order valence-corrected chi connectivity index (χ4v) is 5.56. The van der Waals surface area contributed by atoms with Crippen molar-refractivity contribution in [3.05, 3.63) is 47.7 Å². The maximum Gasteiger partial charge on any atom is 0.276 e. The Morgan fingerprint density at radius 3 is 2.66 bits per heavy atom. The molecule has 5 rings (SSSR count). The number of aryl methyl sites for hydroxylation is 1. The van der Waals surface area contributed by atoms with Crippen molar-refractivity contribution in [1.29, 1.82) is 0 Å². The molecule has 10 heteroatoms. The van der Waals surface area contributed by atoms with E-state index < -0.39 is 0 Å². The molecule has 184 valence electrons. The second-order valence-electron chi connectivity index (χ2n) is 9.20. The number of benzene rings is 1. The van der Waals surface area contributed by atoms with Crippen LogP contribution in [0.15, 0.2) is 30.8 Å². The van der Waals surface area contributed by atoms with Gasteiger partial charge in [-0.25, -0.2) is 4.68 Å². The Morgan fingerprint density at radius 1 is 1.20 bits per heavy atom. The van der Waals surface area contributed by atoms with E-state index in [0.29, 0.717) is 39.0 Å². The molecule has 2 aliphatic heterocycles. The molecule has 1 aromatic carbocycles. The third kappa shape index (κ3) is 4.86. The number of thiazole rings is 1. The molecule has 3 aromatic rings. The van der Waals surface area contributed by atoms with Gasteiger partial charge in [-0.2, -0.15) is 10.1 Å². The Balaban J connectivity index is 1.40. The number of amides is 2. The largest absolute Gasteiger partial charge is 0.379 e. The summed E-state index contributed by atoms with van der Waals surface area (Å²) >= 11 is 1.27. The predicted octanol–water partition coefficient (Wildman–Crippen LogP) is 3.48. The van der Waals surface area contributed by atoms with Gasteiger partial charge in [-0.3, -0.25) is 19.8 Å². The Kier molecular flexibility index (Phi) is 6.68. The quantitative estimate of drug-likeness (QED) is 0.564. The Hall–Kier alpha value is -3.08. The van der Waals surface area contributed by atoms with Crippen LogP contribution in [0, 0.1) is 6.92 Å². The van der Waals surface area contributed by atoms with Crippen LogP contribution in [0.5, 0.6) is 0 Å². The van der Waals surface area contributed by atoms with Gasteiger partial charge in [0.2, 0.25) is 0 Å². The lowest BCUT2D eigenvalue weighted by atomic mass is 10.1. The molecule has 0 spiro atoms. The number of hydrogen-bond acceptors (Lipinski definition) is 7. The second-order valence-corrected chi connectivity index (χ2v) is 10.2. The smallest absolute Gasteiger partial charge is 0.276 e. The van der Waals surface area contributed by atoms with Crippen LogP contribution in [0.1, 0.15) is 46.2 Å². The molecule has 2 aliphatic rings. The standard InChI is InChI=1S/C25H30N6O3S/c1-16(2)31-22-21(35-25(26-22)27-23(32)18-8-6-17(3)7-9-18)20(28-31)24(33)30-10-4-5-19(30)15-29-11-13-34-14-12-29/h6-9,19H,1,4-5,10-15H2,2-3H3,(H,26,27,32)/t19-/m0/s1. The Labute approximate surface area is 208 Å². The molecular formula is C25H30N6O3S. The first-order valence-electron chi connectivity index (χ1n) is 12.0. The van der Waals surface area contributed by atoms with Gasteiger partial charge in [-0.1, -0.05) is 35.6 Å². The molecular weight excluding hydrogens is 464 g/mol. The fraction of sp³-hybridized carbons (Fsp3) is 0.440. The van der Waals surface area contributed by atoms with Gasteiger partial charge in [0, 0.05) is 43.5 Å². The summed E-state index contributed by atoms with van der Waals surface area (Å²) in [6, 6.07) is 7.51. The molecule has 0 bridgehead atoms. The first-order valence-corrected chi connectivity index (χ1v) is 12.8. The van der Waals surface area contributed by atoms with Gasteiger partial charge in [0.15, 0.2) is 16.5 Å². The topological polar surface area (TPSA) is 92.6 Å². The van der Waals surface area contributed by atoms with Crippen LogP contribution in [-0.4, -0.2) is 81.8 Å². The van der Waals surface area contributed by atoms with Crippen LogP contribution < -0.4 is 5.32 Å². The highest BCUT2D eigenvalue weighted by atomic mass is 32.1. The van der Waals surface area contributed by atoms with Gasteiger partial charge < -0.3 is 9.64 Å².